The van der Waals surface area contributed by atoms with Crippen molar-refractivity contribution >= 4 is 11.9 Å². The zero-order valence-electron chi connectivity index (χ0n) is 23.0. The Kier molecular flexibility index (Phi) is 7.74. The fraction of sp³-hybridized carbons (Fsp3) is 0.143. The maximum atomic E-state index is 12.0. The van der Waals surface area contributed by atoms with Gasteiger partial charge < -0.3 is 18.9 Å². The van der Waals surface area contributed by atoms with E-state index in [9.17, 15) is 9.59 Å². The van der Waals surface area contributed by atoms with E-state index in [0.29, 0.717) is 36.2 Å². The topological polar surface area (TPSA) is 71.1 Å². The molecule has 0 spiro atoms. The smallest absolute Gasteiger partial charge is 0.335 e. The molecule has 1 aliphatic carbocycles. The normalized spacial score (nSPS) is 12.4. The first-order valence-electron chi connectivity index (χ1n) is 13.4. The standard InChI is InChI=1S/C35H30O6/c1-5-33(36)40-23-17-19-29(31(21-23)38-7-3)35(27-15-11-9-13-25(27)26-14-10-12-16-28(26)35)30-20-18-24(41-34(37)6-2)22-32(30)39-8-4/h5-6,9-22H,1-2,7-8H2,3-4H3. The highest BCUT2D eigenvalue weighted by Gasteiger charge is 2.49. The lowest BCUT2D eigenvalue weighted by atomic mass is 9.67. The summed E-state index contributed by atoms with van der Waals surface area (Å²) in [5.41, 5.74) is 5.03. The average molecular weight is 547 g/mol. The zero-order chi connectivity index (χ0) is 29.0. The van der Waals surface area contributed by atoms with Gasteiger partial charge in [-0.2, -0.15) is 0 Å². The van der Waals surface area contributed by atoms with Gasteiger partial charge in [-0.15, -0.1) is 0 Å². The number of esters is 2. The van der Waals surface area contributed by atoms with Crippen molar-refractivity contribution in [3.05, 3.63) is 132 Å². The van der Waals surface area contributed by atoms with Crippen LogP contribution in [0.2, 0.25) is 0 Å². The van der Waals surface area contributed by atoms with E-state index in [2.05, 4.69) is 37.4 Å². The molecule has 6 heteroatoms. The van der Waals surface area contributed by atoms with Gasteiger partial charge in [0.2, 0.25) is 0 Å². The number of carbonyl (C=O) groups is 2. The summed E-state index contributed by atoms with van der Waals surface area (Å²) in [7, 11) is 0. The monoisotopic (exact) mass is 546 g/mol. The number of carbonyl (C=O) groups excluding carboxylic acids is 2. The van der Waals surface area contributed by atoms with Crippen LogP contribution in [0.3, 0.4) is 0 Å². The molecule has 1 aliphatic rings. The van der Waals surface area contributed by atoms with E-state index in [1.807, 2.05) is 50.2 Å². The maximum Gasteiger partial charge on any atom is 0.335 e. The predicted octanol–water partition coefficient (Wildman–Crippen LogP) is 7.03. The molecule has 0 aliphatic heterocycles. The molecule has 0 fully saturated rings. The summed E-state index contributed by atoms with van der Waals surface area (Å²) in [6.45, 7) is 11.6. The first-order valence-corrected chi connectivity index (χ1v) is 13.4. The lowest BCUT2D eigenvalue weighted by Crippen LogP contribution is -2.30. The Bertz CT molecular complexity index is 1530. The molecule has 0 radical (unpaired) electrons. The van der Waals surface area contributed by atoms with Crippen LogP contribution in [-0.2, 0) is 15.0 Å². The second-order valence-corrected chi connectivity index (χ2v) is 9.27. The third kappa shape index (κ3) is 4.78. The molecule has 0 aromatic heterocycles. The van der Waals surface area contributed by atoms with Gasteiger partial charge in [0.1, 0.15) is 23.0 Å². The molecule has 5 rings (SSSR count). The second-order valence-electron chi connectivity index (χ2n) is 9.27. The van der Waals surface area contributed by atoms with E-state index < -0.39 is 17.4 Å². The van der Waals surface area contributed by atoms with Gasteiger partial charge in [-0.25, -0.2) is 9.59 Å². The van der Waals surface area contributed by atoms with Gasteiger partial charge >= 0.3 is 11.9 Å². The molecule has 0 heterocycles. The van der Waals surface area contributed by atoms with Crippen LogP contribution in [0.5, 0.6) is 23.0 Å². The predicted molar refractivity (Wildman–Crippen MR) is 158 cm³/mol. The highest BCUT2D eigenvalue weighted by atomic mass is 16.5. The van der Waals surface area contributed by atoms with Crippen molar-refractivity contribution in [3.63, 3.8) is 0 Å². The minimum Gasteiger partial charge on any atom is -0.493 e. The van der Waals surface area contributed by atoms with Crippen LogP contribution in [0.1, 0.15) is 36.1 Å². The fourth-order valence-electron chi connectivity index (χ4n) is 5.58. The van der Waals surface area contributed by atoms with E-state index in [0.717, 1.165) is 45.5 Å². The Labute approximate surface area is 239 Å². The van der Waals surface area contributed by atoms with Crippen LogP contribution in [-0.4, -0.2) is 25.2 Å². The molecule has 0 saturated carbocycles. The van der Waals surface area contributed by atoms with Crippen molar-refractivity contribution in [2.45, 2.75) is 19.3 Å². The summed E-state index contributed by atoms with van der Waals surface area (Å²) in [6, 6.07) is 27.3. The van der Waals surface area contributed by atoms with Gasteiger partial charge in [0.05, 0.1) is 18.6 Å². The van der Waals surface area contributed by atoms with Crippen molar-refractivity contribution < 1.29 is 28.5 Å². The largest absolute Gasteiger partial charge is 0.493 e. The summed E-state index contributed by atoms with van der Waals surface area (Å²) >= 11 is 0. The van der Waals surface area contributed by atoms with Gasteiger partial charge in [0.25, 0.3) is 0 Å². The van der Waals surface area contributed by atoms with Crippen LogP contribution in [0, 0.1) is 0 Å². The molecular weight excluding hydrogens is 516 g/mol. The van der Waals surface area contributed by atoms with E-state index in [-0.39, 0.29) is 0 Å². The summed E-state index contributed by atoms with van der Waals surface area (Å²) in [5, 5.41) is 0. The molecule has 4 aromatic carbocycles. The Morgan fingerprint density at radius 3 is 1.44 bits per heavy atom. The molecular formula is C35H30O6. The Morgan fingerprint density at radius 1 is 0.634 bits per heavy atom. The molecule has 41 heavy (non-hydrogen) atoms. The fourth-order valence-corrected chi connectivity index (χ4v) is 5.58. The molecule has 4 aromatic rings. The average Bonchev–Trinajstić information content (AvgIpc) is 3.29. The van der Waals surface area contributed by atoms with Gasteiger partial charge in [-0.05, 0) is 48.2 Å². The van der Waals surface area contributed by atoms with Crippen molar-refractivity contribution in [2.24, 2.45) is 0 Å². The van der Waals surface area contributed by atoms with E-state index in [1.165, 1.54) is 0 Å². The number of rotatable bonds is 10. The summed E-state index contributed by atoms with van der Waals surface area (Å²) in [5.74, 6) is 0.669. The number of hydrogen-bond acceptors (Lipinski definition) is 6. The first-order chi connectivity index (χ1) is 20.0. The van der Waals surface area contributed by atoms with Gasteiger partial charge in [0, 0.05) is 35.4 Å². The third-order valence-corrected chi connectivity index (χ3v) is 7.04. The SMILES string of the molecule is C=CC(=O)Oc1ccc(C2(c3ccc(OC(=O)C=C)cc3OCC)c3ccccc3-c3ccccc32)c(OCC)c1. The van der Waals surface area contributed by atoms with Gasteiger partial charge in [-0.1, -0.05) is 73.8 Å². The molecule has 0 atom stereocenters. The minimum absolute atomic E-state index is 0.341. The minimum atomic E-state index is -0.885. The van der Waals surface area contributed by atoms with Crippen LogP contribution >= 0.6 is 0 Å². The maximum absolute atomic E-state index is 12.0. The molecule has 0 unspecified atom stereocenters. The van der Waals surface area contributed by atoms with Gasteiger partial charge in [0.15, 0.2) is 0 Å². The number of hydrogen-bond donors (Lipinski definition) is 0. The third-order valence-electron chi connectivity index (χ3n) is 7.04. The molecule has 0 N–H and O–H groups in total. The molecule has 0 bridgehead atoms. The van der Waals surface area contributed by atoms with Crippen LogP contribution in [0.15, 0.2) is 110 Å². The number of benzene rings is 4. The Morgan fingerprint density at radius 2 is 1.05 bits per heavy atom. The quantitative estimate of drug-likeness (QED) is 0.106. The van der Waals surface area contributed by atoms with Crippen LogP contribution < -0.4 is 18.9 Å². The first kappa shape index (κ1) is 27.5. The van der Waals surface area contributed by atoms with E-state index in [4.69, 9.17) is 18.9 Å². The molecule has 6 nitrogen and oxygen atoms in total. The van der Waals surface area contributed by atoms with Crippen LogP contribution in [0.4, 0.5) is 0 Å². The molecule has 0 amide bonds. The second kappa shape index (κ2) is 11.6. The van der Waals surface area contributed by atoms with E-state index in [1.54, 1.807) is 24.3 Å². The molecule has 206 valence electrons. The van der Waals surface area contributed by atoms with Crippen LogP contribution in [0.25, 0.3) is 11.1 Å². The summed E-state index contributed by atoms with van der Waals surface area (Å²) < 4.78 is 23.4. The van der Waals surface area contributed by atoms with Crippen molar-refractivity contribution in [1.29, 1.82) is 0 Å². The van der Waals surface area contributed by atoms with E-state index >= 15 is 0 Å². The summed E-state index contributed by atoms with van der Waals surface area (Å²) in [6.07, 6.45) is 2.24. The summed E-state index contributed by atoms with van der Waals surface area (Å²) in [4.78, 5) is 24.0. The van der Waals surface area contributed by atoms with Gasteiger partial charge in [-0.3, -0.25) is 0 Å². The lowest BCUT2D eigenvalue weighted by molar-refractivity contribution is -0.129. The Hall–Kier alpha value is -5.10. The Balaban J connectivity index is 1.87. The highest BCUT2D eigenvalue weighted by Crippen LogP contribution is 2.60. The highest BCUT2D eigenvalue weighted by molar-refractivity contribution is 5.88. The number of ether oxygens (including phenoxy) is 4. The molecule has 0 saturated heterocycles. The van der Waals surface area contributed by atoms with Crippen molar-refractivity contribution in [1.82, 2.24) is 0 Å². The lowest BCUT2D eigenvalue weighted by Gasteiger charge is -2.36. The van der Waals surface area contributed by atoms with Crippen molar-refractivity contribution in [3.8, 4) is 34.1 Å². The zero-order valence-corrected chi connectivity index (χ0v) is 23.0. The number of fused-ring (bicyclic) bond motifs is 3. The van der Waals surface area contributed by atoms with Crippen molar-refractivity contribution in [2.75, 3.05) is 13.2 Å².